The monoisotopic (exact) mass is 398 g/mol. The number of carbonyl (C=O) groups is 1. The molecule has 1 aromatic heterocycles. The fourth-order valence-electron chi connectivity index (χ4n) is 3.22. The summed E-state index contributed by atoms with van der Waals surface area (Å²) < 4.78 is 18.5. The molecule has 2 aromatic carbocycles. The number of thioether (sulfide) groups is 1. The second-order valence-corrected chi connectivity index (χ2v) is 7.35. The Labute approximate surface area is 166 Å². The third-order valence-electron chi connectivity index (χ3n) is 4.68. The Kier molecular flexibility index (Phi) is 5.29. The van der Waals surface area contributed by atoms with Gasteiger partial charge in [0.15, 0.2) is 0 Å². The zero-order valence-corrected chi connectivity index (χ0v) is 16.1. The molecule has 1 N–H and O–H groups in total. The zero-order chi connectivity index (χ0) is 19.5. The van der Waals surface area contributed by atoms with Gasteiger partial charge < -0.3 is 14.7 Å². The Balaban J connectivity index is 1.48. The second-order valence-electron chi connectivity index (χ2n) is 6.47. The summed E-state index contributed by atoms with van der Waals surface area (Å²) in [6.45, 7) is 0.619. The lowest BCUT2D eigenvalue weighted by Gasteiger charge is -2.22. The first kappa shape index (κ1) is 18.5. The van der Waals surface area contributed by atoms with Crippen LogP contribution < -0.4 is 5.32 Å². The largest absolute Gasteiger partial charge is 0.337 e. The first-order valence-corrected chi connectivity index (χ1v) is 10.2. The number of halogens is 1. The normalized spacial score (nSPS) is 16.4. The molecule has 0 spiro atoms. The van der Waals surface area contributed by atoms with E-state index in [0.29, 0.717) is 23.8 Å². The van der Waals surface area contributed by atoms with Crippen LogP contribution in [0.5, 0.6) is 0 Å². The van der Waals surface area contributed by atoms with E-state index >= 15 is 0 Å². The highest BCUT2D eigenvalue weighted by atomic mass is 32.2. The average Bonchev–Trinajstić information content (AvgIpc) is 3.38. The molecule has 3 aromatic rings. The van der Waals surface area contributed by atoms with Gasteiger partial charge in [-0.15, -0.1) is 11.8 Å². The first-order chi connectivity index (χ1) is 13.6. The van der Waals surface area contributed by atoms with E-state index in [-0.39, 0.29) is 17.9 Å². The van der Waals surface area contributed by atoms with E-state index in [4.69, 9.17) is 4.52 Å². The number of hydrogen-bond donors (Lipinski definition) is 1. The average molecular weight is 398 g/mol. The maximum atomic E-state index is 13.1. The van der Waals surface area contributed by atoms with E-state index in [1.54, 1.807) is 28.8 Å². The number of nitrogens with one attached hydrogen (secondary N) is 1. The van der Waals surface area contributed by atoms with Gasteiger partial charge in [0.2, 0.25) is 11.7 Å². The first-order valence-electron chi connectivity index (χ1n) is 8.95. The van der Waals surface area contributed by atoms with E-state index in [9.17, 15) is 9.18 Å². The minimum Gasteiger partial charge on any atom is -0.337 e. The van der Waals surface area contributed by atoms with Crippen LogP contribution in [0, 0.1) is 5.82 Å². The lowest BCUT2D eigenvalue weighted by molar-refractivity contribution is 0.193. The number of amides is 2. The molecule has 2 heterocycles. The molecule has 1 aliphatic rings. The van der Waals surface area contributed by atoms with Crippen molar-refractivity contribution in [2.75, 3.05) is 18.1 Å². The summed E-state index contributed by atoms with van der Waals surface area (Å²) in [6.07, 6.45) is 3.62. The third-order valence-corrected chi connectivity index (χ3v) is 5.43. The topological polar surface area (TPSA) is 71.3 Å². The summed E-state index contributed by atoms with van der Waals surface area (Å²) in [6, 6.07) is 13.1. The van der Waals surface area contributed by atoms with Crippen LogP contribution in [0.3, 0.4) is 0 Å². The molecule has 1 aliphatic heterocycles. The van der Waals surface area contributed by atoms with Gasteiger partial charge in [-0.25, -0.2) is 9.18 Å². The third kappa shape index (κ3) is 3.87. The Morgan fingerprint density at radius 1 is 1.21 bits per heavy atom. The predicted octanol–water partition coefficient (Wildman–Crippen LogP) is 4.97. The van der Waals surface area contributed by atoms with E-state index in [1.165, 1.54) is 12.1 Å². The maximum Gasteiger partial charge on any atom is 0.322 e. The lowest BCUT2D eigenvalue weighted by Crippen LogP contribution is -2.34. The highest BCUT2D eigenvalue weighted by Crippen LogP contribution is 2.32. The van der Waals surface area contributed by atoms with Crippen LogP contribution in [0.2, 0.25) is 0 Å². The van der Waals surface area contributed by atoms with Crippen LogP contribution in [0.25, 0.3) is 11.4 Å². The molecule has 28 heavy (non-hydrogen) atoms. The van der Waals surface area contributed by atoms with Gasteiger partial charge in [-0.3, -0.25) is 0 Å². The minimum absolute atomic E-state index is 0.194. The van der Waals surface area contributed by atoms with E-state index in [2.05, 4.69) is 15.5 Å². The molecule has 0 radical (unpaired) electrons. The van der Waals surface area contributed by atoms with Crippen molar-refractivity contribution in [2.45, 2.75) is 23.8 Å². The van der Waals surface area contributed by atoms with Gasteiger partial charge in [0.25, 0.3) is 0 Å². The number of benzene rings is 2. The Bertz CT molecular complexity index is 959. The number of hydrogen-bond acceptors (Lipinski definition) is 5. The quantitative estimate of drug-likeness (QED) is 0.629. The number of carbonyl (C=O) groups excluding carboxylic acids is 1. The number of rotatable bonds is 4. The molecular weight excluding hydrogens is 379 g/mol. The maximum absolute atomic E-state index is 13.1. The van der Waals surface area contributed by atoms with E-state index < -0.39 is 0 Å². The lowest BCUT2D eigenvalue weighted by atomic mass is 10.2. The van der Waals surface area contributed by atoms with Crippen LogP contribution >= 0.6 is 11.8 Å². The van der Waals surface area contributed by atoms with Gasteiger partial charge in [0, 0.05) is 22.7 Å². The predicted molar refractivity (Wildman–Crippen MR) is 106 cm³/mol. The Morgan fingerprint density at radius 3 is 2.68 bits per heavy atom. The number of nitrogens with zero attached hydrogens (tertiary/aromatic N) is 3. The van der Waals surface area contributed by atoms with Gasteiger partial charge >= 0.3 is 6.03 Å². The summed E-state index contributed by atoms with van der Waals surface area (Å²) in [5.41, 5.74) is 1.41. The summed E-state index contributed by atoms with van der Waals surface area (Å²) in [5, 5.41) is 6.91. The molecule has 2 amide bonds. The summed E-state index contributed by atoms with van der Waals surface area (Å²) in [5.74, 6) is 0.455. The van der Waals surface area contributed by atoms with Crippen LogP contribution in [0.1, 0.15) is 24.8 Å². The van der Waals surface area contributed by atoms with E-state index in [0.717, 1.165) is 23.4 Å². The van der Waals surface area contributed by atoms with Gasteiger partial charge in [-0.1, -0.05) is 5.16 Å². The van der Waals surface area contributed by atoms with Gasteiger partial charge in [-0.2, -0.15) is 4.98 Å². The molecule has 144 valence electrons. The summed E-state index contributed by atoms with van der Waals surface area (Å²) in [4.78, 5) is 20.0. The smallest absolute Gasteiger partial charge is 0.322 e. The van der Waals surface area contributed by atoms with Crippen molar-refractivity contribution >= 4 is 23.5 Å². The standard InChI is InChI=1S/C20H19FN4O2S/c1-28-16-10-8-15(9-11-16)22-20(26)25-12-2-3-17(25)19-23-18(24-27-19)13-4-6-14(21)7-5-13/h4-11,17H,2-3,12H2,1H3,(H,22,26)/t17-/m0/s1. The minimum atomic E-state index is -0.323. The summed E-state index contributed by atoms with van der Waals surface area (Å²) >= 11 is 1.65. The van der Waals surface area contributed by atoms with Crippen LogP contribution in [-0.2, 0) is 0 Å². The molecule has 1 atom stereocenters. The fraction of sp³-hybridized carbons (Fsp3) is 0.250. The van der Waals surface area contributed by atoms with Crippen LogP contribution in [0.4, 0.5) is 14.9 Å². The van der Waals surface area contributed by atoms with Crippen molar-refractivity contribution in [1.82, 2.24) is 15.0 Å². The highest BCUT2D eigenvalue weighted by Gasteiger charge is 2.34. The van der Waals surface area contributed by atoms with Crippen molar-refractivity contribution in [1.29, 1.82) is 0 Å². The molecule has 1 saturated heterocycles. The van der Waals surface area contributed by atoms with Crippen molar-refractivity contribution < 1.29 is 13.7 Å². The molecule has 0 aliphatic carbocycles. The van der Waals surface area contributed by atoms with E-state index in [1.807, 2.05) is 30.5 Å². The molecule has 4 rings (SSSR count). The van der Waals surface area contributed by atoms with Crippen LogP contribution in [0.15, 0.2) is 57.9 Å². The Hall–Kier alpha value is -2.87. The molecule has 0 saturated carbocycles. The van der Waals surface area contributed by atoms with Crippen molar-refractivity contribution in [3.8, 4) is 11.4 Å². The van der Waals surface area contributed by atoms with Crippen molar-refractivity contribution in [2.24, 2.45) is 0 Å². The molecule has 1 fully saturated rings. The molecule has 8 heteroatoms. The number of urea groups is 1. The second kappa shape index (κ2) is 8.02. The fourth-order valence-corrected chi connectivity index (χ4v) is 3.63. The summed E-state index contributed by atoms with van der Waals surface area (Å²) in [7, 11) is 0. The zero-order valence-electron chi connectivity index (χ0n) is 15.3. The van der Waals surface area contributed by atoms with Gasteiger partial charge in [0.05, 0.1) is 0 Å². The highest BCUT2D eigenvalue weighted by molar-refractivity contribution is 7.98. The van der Waals surface area contributed by atoms with Crippen LogP contribution in [-0.4, -0.2) is 33.9 Å². The number of anilines is 1. The van der Waals surface area contributed by atoms with Gasteiger partial charge in [0.1, 0.15) is 11.9 Å². The number of likely N-dealkylation sites (tertiary alicyclic amines) is 1. The molecule has 0 bridgehead atoms. The number of aromatic nitrogens is 2. The van der Waals surface area contributed by atoms with Crippen molar-refractivity contribution in [3.05, 3.63) is 60.2 Å². The Morgan fingerprint density at radius 2 is 1.96 bits per heavy atom. The SMILES string of the molecule is CSc1ccc(NC(=O)N2CCC[C@H]2c2nc(-c3ccc(F)cc3)no2)cc1. The van der Waals surface area contributed by atoms with Crippen molar-refractivity contribution in [3.63, 3.8) is 0 Å². The molecule has 6 nitrogen and oxygen atoms in total. The van der Waals surface area contributed by atoms with Gasteiger partial charge in [-0.05, 0) is 67.6 Å². The molecular formula is C20H19FN4O2S. The molecule has 0 unspecified atom stereocenters.